The highest BCUT2D eigenvalue weighted by molar-refractivity contribution is 7.18. The zero-order valence-corrected chi connectivity index (χ0v) is 15.7. The van der Waals surface area contributed by atoms with Crippen LogP contribution in [0.3, 0.4) is 0 Å². The Hall–Kier alpha value is -2.99. The lowest BCUT2D eigenvalue weighted by atomic mass is 10.2. The van der Waals surface area contributed by atoms with E-state index in [4.69, 9.17) is 4.42 Å². The van der Waals surface area contributed by atoms with E-state index in [1.165, 1.54) is 12.1 Å². The van der Waals surface area contributed by atoms with Crippen molar-refractivity contribution >= 4 is 27.5 Å². The van der Waals surface area contributed by atoms with E-state index in [0.29, 0.717) is 5.76 Å². The molecule has 27 heavy (non-hydrogen) atoms. The lowest BCUT2D eigenvalue weighted by Crippen LogP contribution is -2.29. The van der Waals surface area contributed by atoms with Gasteiger partial charge in [0.05, 0.1) is 16.3 Å². The summed E-state index contributed by atoms with van der Waals surface area (Å²) in [7, 11) is 1.74. The monoisotopic (exact) mass is 380 g/mol. The minimum absolute atomic E-state index is 0.186. The van der Waals surface area contributed by atoms with Gasteiger partial charge >= 0.3 is 0 Å². The topological polar surface area (TPSA) is 46.3 Å². The maximum atomic E-state index is 13.1. The molecule has 0 aliphatic carbocycles. The molecule has 0 N–H and O–H groups in total. The number of rotatable bonds is 4. The minimum atomic E-state index is -0.314. The highest BCUT2D eigenvalue weighted by Gasteiger charge is 2.24. The first-order valence-corrected chi connectivity index (χ1v) is 9.33. The Kier molecular flexibility index (Phi) is 4.49. The van der Waals surface area contributed by atoms with Crippen LogP contribution in [0.1, 0.15) is 28.5 Å². The first kappa shape index (κ1) is 17.4. The van der Waals surface area contributed by atoms with Crippen LogP contribution in [-0.2, 0) is 0 Å². The molecule has 0 unspecified atom stereocenters. The van der Waals surface area contributed by atoms with Crippen molar-refractivity contribution in [2.75, 3.05) is 7.05 Å². The summed E-state index contributed by atoms with van der Waals surface area (Å²) >= 11 is 1.58. The maximum Gasteiger partial charge on any atom is 0.289 e. The standard InChI is InChI=1S/C21H17FN2O2S/c1-13(20-23-16-5-3-4-6-19(16)27-20)24(2)21(25)18-12-11-17(26-18)14-7-9-15(22)10-8-14/h3-13H,1-2H3/t13-/m0/s1. The van der Waals surface area contributed by atoms with Gasteiger partial charge in [-0.1, -0.05) is 12.1 Å². The van der Waals surface area contributed by atoms with Gasteiger partial charge in [-0.05, 0) is 55.5 Å². The molecule has 6 heteroatoms. The van der Waals surface area contributed by atoms with Gasteiger partial charge in [-0.15, -0.1) is 11.3 Å². The Labute approximate surface area is 159 Å². The van der Waals surface area contributed by atoms with Crippen LogP contribution in [0.2, 0.25) is 0 Å². The van der Waals surface area contributed by atoms with Gasteiger partial charge in [0.1, 0.15) is 16.6 Å². The molecule has 136 valence electrons. The predicted octanol–water partition coefficient (Wildman–Crippen LogP) is 5.53. The normalized spacial score (nSPS) is 12.3. The number of fused-ring (bicyclic) bond motifs is 1. The molecule has 4 rings (SSSR count). The molecule has 1 amide bonds. The summed E-state index contributed by atoms with van der Waals surface area (Å²) in [6.45, 7) is 1.94. The first-order valence-electron chi connectivity index (χ1n) is 8.51. The second-order valence-corrected chi connectivity index (χ2v) is 7.34. The average molecular weight is 380 g/mol. The summed E-state index contributed by atoms with van der Waals surface area (Å²) in [6, 6.07) is 17.0. The molecule has 4 nitrogen and oxygen atoms in total. The van der Waals surface area contributed by atoms with Gasteiger partial charge < -0.3 is 9.32 Å². The number of halogens is 1. The van der Waals surface area contributed by atoms with Crippen molar-refractivity contribution in [2.45, 2.75) is 13.0 Å². The Bertz CT molecular complexity index is 1070. The van der Waals surface area contributed by atoms with Crippen LogP contribution in [0.15, 0.2) is 65.1 Å². The predicted molar refractivity (Wildman–Crippen MR) is 104 cm³/mol. The maximum absolute atomic E-state index is 13.1. The van der Waals surface area contributed by atoms with Crippen molar-refractivity contribution in [3.05, 3.63) is 77.2 Å². The van der Waals surface area contributed by atoms with Crippen molar-refractivity contribution in [3.63, 3.8) is 0 Å². The number of nitrogens with zero attached hydrogens (tertiary/aromatic N) is 2. The quantitative estimate of drug-likeness (QED) is 0.468. The number of carbonyl (C=O) groups is 1. The molecular weight excluding hydrogens is 363 g/mol. The lowest BCUT2D eigenvalue weighted by molar-refractivity contribution is 0.0711. The molecule has 1 atom stereocenters. The number of amides is 1. The highest BCUT2D eigenvalue weighted by atomic mass is 32.1. The summed E-state index contributed by atoms with van der Waals surface area (Å²) in [4.78, 5) is 19.1. The van der Waals surface area contributed by atoms with Crippen LogP contribution in [0.5, 0.6) is 0 Å². The van der Waals surface area contributed by atoms with Gasteiger partial charge in [-0.2, -0.15) is 0 Å². The molecule has 0 radical (unpaired) electrons. The molecule has 4 aromatic rings. The third-order valence-electron chi connectivity index (χ3n) is 4.51. The molecule has 0 spiro atoms. The largest absolute Gasteiger partial charge is 0.451 e. The minimum Gasteiger partial charge on any atom is -0.451 e. The van der Waals surface area contributed by atoms with E-state index in [1.807, 2.05) is 31.2 Å². The molecule has 2 aromatic heterocycles. The van der Waals surface area contributed by atoms with E-state index in [-0.39, 0.29) is 23.5 Å². The van der Waals surface area contributed by atoms with Gasteiger partial charge in [0.2, 0.25) is 0 Å². The molecule has 2 aromatic carbocycles. The van der Waals surface area contributed by atoms with Crippen LogP contribution in [0, 0.1) is 5.82 Å². The van der Waals surface area contributed by atoms with Gasteiger partial charge in [0.25, 0.3) is 5.91 Å². The molecule has 0 aliphatic heterocycles. The van der Waals surface area contributed by atoms with Gasteiger partial charge in [-0.25, -0.2) is 9.37 Å². The number of hydrogen-bond acceptors (Lipinski definition) is 4. The van der Waals surface area contributed by atoms with E-state index >= 15 is 0 Å². The smallest absolute Gasteiger partial charge is 0.289 e. The van der Waals surface area contributed by atoms with Crippen LogP contribution in [0.4, 0.5) is 4.39 Å². The molecule has 2 heterocycles. The first-order chi connectivity index (χ1) is 13.0. The van der Waals surface area contributed by atoms with E-state index in [2.05, 4.69) is 4.98 Å². The van der Waals surface area contributed by atoms with Crippen molar-refractivity contribution in [2.24, 2.45) is 0 Å². The van der Waals surface area contributed by atoms with Crippen molar-refractivity contribution in [1.82, 2.24) is 9.88 Å². The number of thiazole rings is 1. The summed E-state index contributed by atoms with van der Waals surface area (Å²) in [5.41, 5.74) is 1.65. The van der Waals surface area contributed by atoms with E-state index in [0.717, 1.165) is 20.8 Å². The zero-order valence-electron chi connectivity index (χ0n) is 14.8. The van der Waals surface area contributed by atoms with Crippen molar-refractivity contribution in [1.29, 1.82) is 0 Å². The van der Waals surface area contributed by atoms with E-state index < -0.39 is 0 Å². The van der Waals surface area contributed by atoms with Crippen LogP contribution >= 0.6 is 11.3 Å². The summed E-state index contributed by atoms with van der Waals surface area (Å²) in [5.74, 6) is 0.227. The average Bonchev–Trinajstić information content (AvgIpc) is 3.34. The third-order valence-corrected chi connectivity index (χ3v) is 5.72. The SMILES string of the molecule is C[C@@H](c1nc2ccccc2s1)N(C)C(=O)c1ccc(-c2ccc(F)cc2)o1. The lowest BCUT2D eigenvalue weighted by Gasteiger charge is -2.22. The second-order valence-electron chi connectivity index (χ2n) is 6.28. The molecule has 0 saturated carbocycles. The molecule has 0 saturated heterocycles. The number of carbonyl (C=O) groups excluding carboxylic acids is 1. The van der Waals surface area contributed by atoms with Crippen LogP contribution in [0.25, 0.3) is 21.5 Å². The number of aromatic nitrogens is 1. The Morgan fingerprint density at radius 2 is 1.85 bits per heavy atom. The fraction of sp³-hybridized carbons (Fsp3) is 0.143. The molecule has 0 bridgehead atoms. The highest BCUT2D eigenvalue weighted by Crippen LogP contribution is 2.30. The zero-order chi connectivity index (χ0) is 19.0. The summed E-state index contributed by atoms with van der Waals surface area (Å²) in [6.07, 6.45) is 0. The second kappa shape index (κ2) is 6.96. The van der Waals surface area contributed by atoms with Gasteiger partial charge in [0, 0.05) is 12.6 Å². The Morgan fingerprint density at radius 1 is 1.11 bits per heavy atom. The van der Waals surface area contributed by atoms with Crippen LogP contribution < -0.4 is 0 Å². The summed E-state index contributed by atoms with van der Waals surface area (Å²) < 4.78 is 19.9. The van der Waals surface area contributed by atoms with Crippen molar-refractivity contribution in [3.8, 4) is 11.3 Å². The third kappa shape index (κ3) is 3.36. The molecular formula is C21H17FN2O2S. The van der Waals surface area contributed by atoms with E-state index in [1.54, 1.807) is 47.5 Å². The van der Waals surface area contributed by atoms with Crippen LogP contribution in [-0.4, -0.2) is 22.8 Å². The number of hydrogen-bond donors (Lipinski definition) is 0. The fourth-order valence-electron chi connectivity index (χ4n) is 2.81. The number of furan rings is 1. The van der Waals surface area contributed by atoms with Gasteiger partial charge in [-0.3, -0.25) is 4.79 Å². The Morgan fingerprint density at radius 3 is 2.59 bits per heavy atom. The molecule has 0 fully saturated rings. The fourth-order valence-corrected chi connectivity index (χ4v) is 3.87. The van der Waals surface area contributed by atoms with E-state index in [9.17, 15) is 9.18 Å². The molecule has 0 aliphatic rings. The van der Waals surface area contributed by atoms with Crippen molar-refractivity contribution < 1.29 is 13.6 Å². The Balaban J connectivity index is 1.55. The number of benzene rings is 2. The van der Waals surface area contributed by atoms with Gasteiger partial charge in [0.15, 0.2) is 5.76 Å². The number of para-hydroxylation sites is 1. The summed E-state index contributed by atoms with van der Waals surface area (Å²) in [5, 5.41) is 0.873.